The van der Waals surface area contributed by atoms with Gasteiger partial charge in [-0.1, -0.05) is 24.3 Å². The lowest BCUT2D eigenvalue weighted by Gasteiger charge is -2.11. The molecule has 0 aliphatic heterocycles. The third-order valence-electron chi connectivity index (χ3n) is 3.96. The van der Waals surface area contributed by atoms with Crippen LogP contribution < -0.4 is 5.56 Å². The first-order valence-corrected chi connectivity index (χ1v) is 7.19. The summed E-state index contributed by atoms with van der Waals surface area (Å²) >= 11 is 0. The normalized spacial score (nSPS) is 14.5. The first-order valence-electron chi connectivity index (χ1n) is 7.19. The SMILES string of the molecule is Cc1ccccc1-c1nc2cccnc2n(C2CC2)c1=O. The summed E-state index contributed by atoms with van der Waals surface area (Å²) in [4.78, 5) is 21.8. The number of fused-ring (bicyclic) bond motifs is 1. The van der Waals surface area contributed by atoms with E-state index in [0.717, 1.165) is 29.5 Å². The van der Waals surface area contributed by atoms with E-state index >= 15 is 0 Å². The Morgan fingerprint density at radius 2 is 1.95 bits per heavy atom. The van der Waals surface area contributed by atoms with Gasteiger partial charge in [-0.15, -0.1) is 0 Å². The molecule has 104 valence electrons. The van der Waals surface area contributed by atoms with Gasteiger partial charge >= 0.3 is 0 Å². The fourth-order valence-electron chi connectivity index (χ4n) is 2.73. The second-order valence-electron chi connectivity index (χ2n) is 5.53. The highest BCUT2D eigenvalue weighted by molar-refractivity contribution is 5.75. The maximum absolute atomic E-state index is 12.9. The molecule has 2 aromatic heterocycles. The molecule has 1 fully saturated rings. The molecule has 4 nitrogen and oxygen atoms in total. The predicted molar refractivity (Wildman–Crippen MR) is 82.2 cm³/mol. The summed E-state index contributed by atoms with van der Waals surface area (Å²) in [6.07, 6.45) is 3.81. The Hall–Kier alpha value is -2.49. The van der Waals surface area contributed by atoms with Gasteiger partial charge in [0.2, 0.25) is 0 Å². The van der Waals surface area contributed by atoms with Crippen molar-refractivity contribution in [1.82, 2.24) is 14.5 Å². The minimum atomic E-state index is -0.0296. The van der Waals surface area contributed by atoms with E-state index < -0.39 is 0 Å². The van der Waals surface area contributed by atoms with Crippen molar-refractivity contribution in [3.8, 4) is 11.3 Å². The Morgan fingerprint density at radius 3 is 2.71 bits per heavy atom. The molecule has 0 radical (unpaired) electrons. The van der Waals surface area contributed by atoms with Crippen LogP contribution in [0.15, 0.2) is 47.4 Å². The number of aryl methyl sites for hydroxylation is 1. The van der Waals surface area contributed by atoms with Crippen LogP contribution in [-0.2, 0) is 0 Å². The lowest BCUT2D eigenvalue weighted by molar-refractivity contribution is 0.726. The molecule has 4 rings (SSSR count). The summed E-state index contributed by atoms with van der Waals surface area (Å²) in [7, 11) is 0. The van der Waals surface area contributed by atoms with E-state index in [4.69, 9.17) is 0 Å². The second kappa shape index (κ2) is 4.52. The summed E-state index contributed by atoms with van der Waals surface area (Å²) in [6.45, 7) is 2.01. The molecule has 2 heterocycles. The van der Waals surface area contributed by atoms with E-state index in [2.05, 4.69) is 9.97 Å². The summed E-state index contributed by atoms with van der Waals surface area (Å²) in [5.74, 6) is 0. The van der Waals surface area contributed by atoms with Gasteiger partial charge in [-0.05, 0) is 37.5 Å². The summed E-state index contributed by atoms with van der Waals surface area (Å²) in [6, 6.07) is 11.9. The molecule has 1 saturated carbocycles. The van der Waals surface area contributed by atoms with Crippen molar-refractivity contribution in [2.75, 3.05) is 0 Å². The van der Waals surface area contributed by atoms with E-state index in [9.17, 15) is 4.79 Å². The Bertz CT molecular complexity index is 894. The van der Waals surface area contributed by atoms with Gasteiger partial charge in [-0.3, -0.25) is 9.36 Å². The van der Waals surface area contributed by atoms with Crippen molar-refractivity contribution in [1.29, 1.82) is 0 Å². The van der Waals surface area contributed by atoms with Crippen LogP contribution in [0.3, 0.4) is 0 Å². The number of nitrogens with zero attached hydrogens (tertiary/aromatic N) is 3. The zero-order chi connectivity index (χ0) is 14.4. The maximum Gasteiger partial charge on any atom is 0.279 e. The fraction of sp³-hybridized carbons (Fsp3) is 0.235. The van der Waals surface area contributed by atoms with E-state index in [1.54, 1.807) is 6.20 Å². The average Bonchev–Trinajstić information content (AvgIpc) is 3.32. The largest absolute Gasteiger partial charge is 0.286 e. The van der Waals surface area contributed by atoms with Crippen LogP contribution in [0, 0.1) is 6.92 Å². The van der Waals surface area contributed by atoms with Crippen LogP contribution in [0.25, 0.3) is 22.4 Å². The minimum Gasteiger partial charge on any atom is -0.286 e. The first kappa shape index (κ1) is 12.3. The number of aromatic nitrogens is 3. The van der Waals surface area contributed by atoms with E-state index in [1.807, 2.05) is 47.9 Å². The predicted octanol–water partition coefficient (Wildman–Crippen LogP) is 3.10. The average molecular weight is 277 g/mol. The summed E-state index contributed by atoms with van der Waals surface area (Å²) < 4.78 is 1.82. The van der Waals surface area contributed by atoms with Crippen LogP contribution in [0.5, 0.6) is 0 Å². The third kappa shape index (κ3) is 1.95. The Balaban J connectivity index is 2.09. The van der Waals surface area contributed by atoms with Crippen LogP contribution in [-0.4, -0.2) is 14.5 Å². The molecular formula is C17H15N3O. The zero-order valence-electron chi connectivity index (χ0n) is 11.8. The number of hydrogen-bond donors (Lipinski definition) is 0. The monoisotopic (exact) mass is 277 g/mol. The van der Waals surface area contributed by atoms with Crippen LogP contribution in [0.1, 0.15) is 24.4 Å². The van der Waals surface area contributed by atoms with Crippen molar-refractivity contribution in [2.24, 2.45) is 0 Å². The van der Waals surface area contributed by atoms with E-state index in [1.165, 1.54) is 0 Å². The van der Waals surface area contributed by atoms with Gasteiger partial charge in [0.25, 0.3) is 5.56 Å². The molecule has 0 spiro atoms. The standard InChI is InChI=1S/C17H15N3O/c1-11-5-2-3-6-13(11)15-17(21)20(12-8-9-12)16-14(19-15)7-4-10-18-16/h2-7,10,12H,8-9H2,1H3. The van der Waals surface area contributed by atoms with Crippen LogP contribution in [0.2, 0.25) is 0 Å². The lowest BCUT2D eigenvalue weighted by atomic mass is 10.1. The van der Waals surface area contributed by atoms with Crippen molar-refractivity contribution >= 4 is 11.2 Å². The number of pyridine rings is 1. The Morgan fingerprint density at radius 1 is 1.14 bits per heavy atom. The first-order chi connectivity index (χ1) is 10.3. The number of rotatable bonds is 2. The molecule has 0 amide bonds. The van der Waals surface area contributed by atoms with E-state index in [0.29, 0.717) is 11.3 Å². The van der Waals surface area contributed by atoms with Gasteiger partial charge in [0, 0.05) is 17.8 Å². The van der Waals surface area contributed by atoms with Crippen molar-refractivity contribution in [2.45, 2.75) is 25.8 Å². The Labute approximate surface area is 122 Å². The van der Waals surface area contributed by atoms with Crippen LogP contribution >= 0.6 is 0 Å². The molecule has 1 aliphatic rings. The molecular weight excluding hydrogens is 262 g/mol. The van der Waals surface area contributed by atoms with Gasteiger partial charge in [0.05, 0.1) is 0 Å². The molecule has 21 heavy (non-hydrogen) atoms. The minimum absolute atomic E-state index is 0.0296. The molecule has 0 unspecified atom stereocenters. The van der Waals surface area contributed by atoms with Crippen molar-refractivity contribution in [3.63, 3.8) is 0 Å². The summed E-state index contributed by atoms with van der Waals surface area (Å²) in [5, 5.41) is 0. The molecule has 3 aromatic rings. The maximum atomic E-state index is 12.9. The lowest BCUT2D eigenvalue weighted by Crippen LogP contribution is -2.23. The zero-order valence-corrected chi connectivity index (χ0v) is 11.8. The molecule has 0 N–H and O–H groups in total. The Kier molecular flexibility index (Phi) is 2.64. The number of hydrogen-bond acceptors (Lipinski definition) is 3. The molecule has 0 atom stereocenters. The van der Waals surface area contributed by atoms with Gasteiger partial charge in [0.15, 0.2) is 5.65 Å². The van der Waals surface area contributed by atoms with Gasteiger partial charge in [-0.25, -0.2) is 9.97 Å². The van der Waals surface area contributed by atoms with Gasteiger partial charge in [-0.2, -0.15) is 0 Å². The smallest absolute Gasteiger partial charge is 0.279 e. The second-order valence-corrected chi connectivity index (χ2v) is 5.53. The molecule has 4 heteroatoms. The summed E-state index contributed by atoms with van der Waals surface area (Å²) in [5.41, 5.74) is 3.94. The fourth-order valence-corrected chi connectivity index (χ4v) is 2.73. The highest BCUT2D eigenvalue weighted by atomic mass is 16.1. The highest BCUT2D eigenvalue weighted by Gasteiger charge is 2.28. The van der Waals surface area contributed by atoms with E-state index in [-0.39, 0.29) is 11.6 Å². The quantitative estimate of drug-likeness (QED) is 0.723. The van der Waals surface area contributed by atoms with Crippen molar-refractivity contribution < 1.29 is 0 Å². The molecule has 1 aliphatic carbocycles. The molecule has 0 saturated heterocycles. The topological polar surface area (TPSA) is 47.8 Å². The van der Waals surface area contributed by atoms with Crippen LogP contribution in [0.4, 0.5) is 0 Å². The third-order valence-corrected chi connectivity index (χ3v) is 3.96. The molecule has 0 bridgehead atoms. The van der Waals surface area contributed by atoms with Gasteiger partial charge < -0.3 is 0 Å². The van der Waals surface area contributed by atoms with Gasteiger partial charge in [0.1, 0.15) is 11.2 Å². The highest BCUT2D eigenvalue weighted by Crippen LogP contribution is 2.35. The van der Waals surface area contributed by atoms with Crippen molar-refractivity contribution in [3.05, 3.63) is 58.5 Å². The molecule has 1 aromatic carbocycles. The number of benzene rings is 1.